The van der Waals surface area contributed by atoms with Crippen LogP contribution in [0.2, 0.25) is 0 Å². The smallest absolute Gasteiger partial charge is 0.358 e. The van der Waals surface area contributed by atoms with Gasteiger partial charge in [-0.05, 0) is 43.7 Å². The lowest BCUT2D eigenvalue weighted by atomic mass is 9.84. The van der Waals surface area contributed by atoms with Crippen molar-refractivity contribution in [2.45, 2.75) is 96.3 Å². The molecule has 1 heterocycles. The fraction of sp³-hybridized carbons (Fsp3) is 0.474. The van der Waals surface area contributed by atoms with Crippen molar-refractivity contribution in [3.63, 3.8) is 0 Å². The molecule has 2 amide bonds. The number of ether oxygens (including phenoxy) is 3. The molecule has 0 radical (unpaired) electrons. The summed E-state index contributed by atoms with van der Waals surface area (Å²) >= 11 is 0. The molecule has 2 aliphatic rings. The summed E-state index contributed by atoms with van der Waals surface area (Å²) in [5.74, 6) is -1.46. The standard InChI is InChI=1S/C38H48N4O6/c1-4-46-38(45)31-23-33(37(44)39-27(2)30-19-11-13-21-34(30)47-25-28-15-7-5-8-16-28)42(40-31)24-36(43)41(3)32-20-12-14-22-35(32)48-26-29-17-9-6-10-18-29/h5-10,15-18,23,30,32,34-35H,2,4,11-14,19-22,24-26H2,1,3H3,(H,39,44)/t30-,32+,34+,35+/m1/s1. The molecule has 1 aromatic heterocycles. The molecule has 5 rings (SSSR count). The minimum atomic E-state index is -0.659. The molecule has 3 aromatic rings. The van der Waals surface area contributed by atoms with Gasteiger partial charge in [-0.25, -0.2) is 9.48 Å². The van der Waals surface area contributed by atoms with Gasteiger partial charge in [0, 0.05) is 24.7 Å². The van der Waals surface area contributed by atoms with E-state index in [1.807, 2.05) is 60.7 Å². The fourth-order valence-electron chi connectivity index (χ4n) is 6.72. The van der Waals surface area contributed by atoms with Gasteiger partial charge in [0.05, 0.1) is 38.1 Å². The number of benzene rings is 2. The van der Waals surface area contributed by atoms with Crippen LogP contribution in [0.4, 0.5) is 0 Å². The molecule has 1 N–H and O–H groups in total. The van der Waals surface area contributed by atoms with E-state index in [-0.39, 0.29) is 54.6 Å². The van der Waals surface area contributed by atoms with Crippen LogP contribution in [0.1, 0.15) is 90.4 Å². The normalized spacial score (nSPS) is 20.9. The Morgan fingerprint density at radius 1 is 0.875 bits per heavy atom. The average molecular weight is 657 g/mol. The van der Waals surface area contributed by atoms with Gasteiger partial charge in [0.25, 0.3) is 5.91 Å². The number of nitrogens with one attached hydrogen (secondary N) is 1. The molecule has 10 heteroatoms. The van der Waals surface area contributed by atoms with Crippen LogP contribution in [0.25, 0.3) is 0 Å². The molecule has 0 aliphatic heterocycles. The molecule has 10 nitrogen and oxygen atoms in total. The van der Waals surface area contributed by atoms with Gasteiger partial charge in [-0.2, -0.15) is 5.10 Å². The van der Waals surface area contributed by atoms with E-state index < -0.39 is 11.9 Å². The number of hydrogen-bond acceptors (Lipinski definition) is 7. The van der Waals surface area contributed by atoms with Crippen molar-refractivity contribution in [1.82, 2.24) is 20.0 Å². The van der Waals surface area contributed by atoms with Crippen molar-refractivity contribution in [2.75, 3.05) is 13.7 Å². The summed E-state index contributed by atoms with van der Waals surface area (Å²) in [6.07, 6.45) is 7.26. The number of likely N-dealkylation sites (N-methyl/N-ethyl adjacent to an activating group) is 1. The number of nitrogens with zero attached hydrogens (tertiary/aromatic N) is 3. The van der Waals surface area contributed by atoms with Gasteiger partial charge in [0.2, 0.25) is 5.91 Å². The highest BCUT2D eigenvalue weighted by Gasteiger charge is 2.33. The van der Waals surface area contributed by atoms with Gasteiger partial charge in [0.15, 0.2) is 5.69 Å². The Labute approximate surface area is 283 Å². The lowest BCUT2D eigenvalue weighted by molar-refractivity contribution is -0.138. The summed E-state index contributed by atoms with van der Waals surface area (Å²) in [7, 11) is 1.77. The first-order valence-electron chi connectivity index (χ1n) is 17.2. The number of esters is 1. The first-order valence-corrected chi connectivity index (χ1v) is 17.2. The Morgan fingerprint density at radius 2 is 1.46 bits per heavy atom. The molecule has 4 atom stereocenters. The van der Waals surface area contributed by atoms with Crippen LogP contribution in [0.5, 0.6) is 0 Å². The van der Waals surface area contributed by atoms with E-state index in [1.165, 1.54) is 10.7 Å². The molecule has 256 valence electrons. The minimum absolute atomic E-state index is 0.0356. The molecule has 0 bridgehead atoms. The summed E-state index contributed by atoms with van der Waals surface area (Å²) in [6, 6.07) is 21.3. The van der Waals surface area contributed by atoms with Crippen LogP contribution >= 0.6 is 0 Å². The van der Waals surface area contributed by atoms with E-state index >= 15 is 0 Å². The highest BCUT2D eigenvalue weighted by atomic mass is 16.5. The topological polar surface area (TPSA) is 112 Å². The third-order valence-corrected chi connectivity index (χ3v) is 9.38. The fourth-order valence-corrected chi connectivity index (χ4v) is 6.72. The minimum Gasteiger partial charge on any atom is -0.461 e. The molecular weight excluding hydrogens is 608 g/mol. The van der Waals surface area contributed by atoms with Crippen LogP contribution in [0.3, 0.4) is 0 Å². The number of hydrogen-bond donors (Lipinski definition) is 1. The van der Waals surface area contributed by atoms with Crippen LogP contribution < -0.4 is 5.32 Å². The molecule has 0 spiro atoms. The zero-order valence-electron chi connectivity index (χ0n) is 28.1. The second kappa shape index (κ2) is 17.2. The summed E-state index contributed by atoms with van der Waals surface area (Å²) in [4.78, 5) is 41.9. The van der Waals surface area contributed by atoms with E-state index in [4.69, 9.17) is 14.2 Å². The second-order valence-corrected chi connectivity index (χ2v) is 12.7. The maximum Gasteiger partial charge on any atom is 0.358 e. The van der Waals surface area contributed by atoms with Gasteiger partial charge < -0.3 is 24.4 Å². The molecule has 2 aromatic carbocycles. The van der Waals surface area contributed by atoms with Crippen molar-refractivity contribution in [2.24, 2.45) is 5.92 Å². The maximum atomic E-state index is 13.8. The Kier molecular flexibility index (Phi) is 12.6. The monoisotopic (exact) mass is 656 g/mol. The zero-order chi connectivity index (χ0) is 33.9. The van der Waals surface area contributed by atoms with Crippen LogP contribution in [-0.2, 0) is 38.8 Å². The van der Waals surface area contributed by atoms with Crippen molar-refractivity contribution in [1.29, 1.82) is 0 Å². The Morgan fingerprint density at radius 3 is 2.10 bits per heavy atom. The van der Waals surface area contributed by atoms with Crippen LogP contribution in [-0.4, -0.2) is 64.4 Å². The molecular formula is C38H48N4O6. The highest BCUT2D eigenvalue weighted by Crippen LogP contribution is 2.32. The Hall–Kier alpha value is -4.28. The van der Waals surface area contributed by atoms with Crippen LogP contribution in [0, 0.1) is 5.92 Å². The molecule has 0 unspecified atom stereocenters. The quantitative estimate of drug-likeness (QED) is 0.210. The van der Waals surface area contributed by atoms with Gasteiger partial charge in [-0.3, -0.25) is 9.59 Å². The largest absolute Gasteiger partial charge is 0.461 e. The number of amides is 2. The molecule has 0 saturated heterocycles. The number of rotatable bonds is 14. The maximum absolute atomic E-state index is 13.8. The zero-order valence-corrected chi connectivity index (χ0v) is 28.1. The second-order valence-electron chi connectivity index (χ2n) is 12.7. The van der Waals surface area contributed by atoms with E-state index in [1.54, 1.807) is 18.9 Å². The lowest BCUT2D eigenvalue weighted by Gasteiger charge is -2.38. The van der Waals surface area contributed by atoms with Crippen molar-refractivity contribution < 1.29 is 28.6 Å². The van der Waals surface area contributed by atoms with E-state index in [0.717, 1.165) is 62.5 Å². The first kappa shape index (κ1) is 35.0. The van der Waals surface area contributed by atoms with E-state index in [0.29, 0.717) is 18.9 Å². The summed E-state index contributed by atoms with van der Waals surface area (Å²) in [5, 5.41) is 7.31. The Bertz CT molecular complexity index is 1520. The summed E-state index contributed by atoms with van der Waals surface area (Å²) < 4.78 is 19.1. The molecule has 2 aliphatic carbocycles. The van der Waals surface area contributed by atoms with Gasteiger partial charge in [-0.1, -0.05) is 92.9 Å². The molecule has 2 fully saturated rings. The number of carbonyl (C=O) groups is 3. The average Bonchev–Trinajstić information content (AvgIpc) is 3.54. The summed E-state index contributed by atoms with van der Waals surface area (Å²) in [5.41, 5.74) is 2.76. The van der Waals surface area contributed by atoms with Gasteiger partial charge in [0.1, 0.15) is 12.2 Å². The predicted molar refractivity (Wildman–Crippen MR) is 182 cm³/mol. The van der Waals surface area contributed by atoms with Gasteiger partial charge in [-0.15, -0.1) is 0 Å². The Balaban J connectivity index is 1.27. The van der Waals surface area contributed by atoms with Crippen LogP contribution in [0.15, 0.2) is 79.0 Å². The van der Waals surface area contributed by atoms with Gasteiger partial charge >= 0.3 is 5.97 Å². The number of carbonyl (C=O) groups excluding carboxylic acids is 3. The molecule has 2 saturated carbocycles. The van der Waals surface area contributed by atoms with Crippen molar-refractivity contribution in [3.8, 4) is 0 Å². The summed E-state index contributed by atoms with van der Waals surface area (Å²) in [6.45, 7) is 6.81. The first-order chi connectivity index (χ1) is 23.3. The third-order valence-electron chi connectivity index (χ3n) is 9.38. The van der Waals surface area contributed by atoms with Crippen molar-refractivity contribution >= 4 is 17.8 Å². The lowest BCUT2D eigenvalue weighted by Crippen LogP contribution is -2.48. The SMILES string of the molecule is C=C(NC(=O)c1cc(C(=O)OCC)nn1CC(=O)N(C)[C@H]1CCCC[C@@H]1OCc1ccccc1)[C@H]1CCCC[C@@H]1OCc1ccccc1. The van der Waals surface area contributed by atoms with E-state index in [2.05, 4.69) is 17.0 Å². The van der Waals surface area contributed by atoms with E-state index in [9.17, 15) is 14.4 Å². The highest BCUT2D eigenvalue weighted by molar-refractivity contribution is 5.97. The predicted octanol–water partition coefficient (Wildman–Crippen LogP) is 6.07. The van der Waals surface area contributed by atoms with Crippen molar-refractivity contribution in [3.05, 3.63) is 102 Å². The number of aromatic nitrogens is 2. The molecule has 48 heavy (non-hydrogen) atoms. The third kappa shape index (κ3) is 9.20.